The summed E-state index contributed by atoms with van der Waals surface area (Å²) >= 11 is 1.64. The number of nitrogens with zero attached hydrogens (tertiary/aromatic N) is 1. The molecule has 2 aromatic heterocycles. The first-order valence-corrected chi connectivity index (χ1v) is 11.0. The van der Waals surface area contributed by atoms with Gasteiger partial charge >= 0.3 is 0 Å². The van der Waals surface area contributed by atoms with Crippen molar-refractivity contribution in [1.29, 1.82) is 0 Å². The van der Waals surface area contributed by atoms with Crippen LogP contribution in [-0.2, 0) is 4.79 Å². The van der Waals surface area contributed by atoms with Gasteiger partial charge in [-0.3, -0.25) is 4.79 Å². The largest absolute Gasteiger partial charge is 0.512 e. The highest BCUT2D eigenvalue weighted by Crippen LogP contribution is 2.46. The molecule has 1 aliphatic carbocycles. The van der Waals surface area contributed by atoms with Gasteiger partial charge in [0.15, 0.2) is 5.78 Å². The Kier molecular flexibility index (Phi) is 4.16. The Bertz CT molecular complexity index is 1350. The van der Waals surface area contributed by atoms with Crippen molar-refractivity contribution in [3.8, 4) is 11.3 Å². The van der Waals surface area contributed by atoms with Crippen LogP contribution in [0.4, 0.5) is 0 Å². The van der Waals surface area contributed by atoms with E-state index in [0.29, 0.717) is 18.4 Å². The highest BCUT2D eigenvalue weighted by atomic mass is 32.1. The Morgan fingerprint density at radius 3 is 2.50 bits per heavy atom. The maximum atomic E-state index is 13.3. The van der Waals surface area contributed by atoms with Gasteiger partial charge in [0.05, 0.1) is 26.5 Å². The topological polar surface area (TPSA) is 66.0 Å². The summed E-state index contributed by atoms with van der Waals surface area (Å²) in [6, 6.07) is 12.4. The maximum absolute atomic E-state index is 13.3. The number of hydrogen-bond acceptors (Lipinski definition) is 4. The minimum absolute atomic E-state index is 0.0121. The zero-order valence-electron chi connectivity index (χ0n) is 17.6. The van der Waals surface area contributed by atoms with Gasteiger partial charge in [0.1, 0.15) is 5.76 Å². The van der Waals surface area contributed by atoms with Crippen molar-refractivity contribution >= 4 is 43.8 Å². The number of H-pyrrole nitrogens is 1. The van der Waals surface area contributed by atoms with Crippen molar-refractivity contribution in [3.63, 3.8) is 0 Å². The van der Waals surface area contributed by atoms with Crippen LogP contribution in [-0.4, -0.2) is 20.9 Å². The summed E-state index contributed by atoms with van der Waals surface area (Å²) in [6.07, 6.45) is 0.901. The number of ketones is 1. The van der Waals surface area contributed by atoms with E-state index in [9.17, 15) is 9.90 Å². The minimum Gasteiger partial charge on any atom is -0.512 e. The fourth-order valence-electron chi connectivity index (χ4n) is 4.54. The number of hydrogen-bond donors (Lipinski definition) is 2. The molecule has 2 aromatic carbocycles. The van der Waals surface area contributed by atoms with Crippen molar-refractivity contribution in [2.75, 3.05) is 0 Å². The van der Waals surface area contributed by atoms with Crippen LogP contribution in [0.5, 0.6) is 0 Å². The molecule has 0 amide bonds. The Balaban J connectivity index is 1.90. The molecule has 0 spiro atoms. The first-order chi connectivity index (χ1) is 14.2. The number of carbonyl (C=O) groups is 1. The molecule has 1 aliphatic rings. The number of aliphatic hydroxyl groups excluding tert-OH is 1. The third-order valence-electron chi connectivity index (χ3n) is 5.87. The smallest absolute Gasteiger partial charge is 0.167 e. The molecule has 2 N–H and O–H groups in total. The van der Waals surface area contributed by atoms with E-state index in [1.165, 1.54) is 5.56 Å². The minimum atomic E-state index is -0.243. The number of nitrogens with one attached hydrogen (secondary N) is 1. The Labute approximate surface area is 179 Å². The molecule has 0 unspecified atom stereocenters. The molecule has 4 nitrogen and oxygen atoms in total. The molecule has 0 aliphatic heterocycles. The first kappa shape index (κ1) is 19.1. The van der Waals surface area contributed by atoms with Crippen LogP contribution in [0.2, 0.25) is 0 Å². The molecular weight excluding hydrogens is 392 g/mol. The van der Waals surface area contributed by atoms with Crippen LogP contribution in [0.3, 0.4) is 0 Å². The molecular formula is C25H24N2O2S. The van der Waals surface area contributed by atoms with E-state index in [1.54, 1.807) is 11.3 Å². The molecule has 5 heteroatoms. The second-order valence-corrected chi connectivity index (χ2v) is 10.3. The fourth-order valence-corrected chi connectivity index (χ4v) is 5.38. The SMILES string of the molecule is Cc1ccc(-c2[nH]c3ccc4sc(C)nc4c3c2C2=C(O)CC(C)(C)CC2=O)cc1. The van der Waals surface area contributed by atoms with Gasteiger partial charge in [-0.05, 0) is 37.0 Å². The predicted octanol–water partition coefficient (Wildman–Crippen LogP) is 6.72. The molecule has 0 saturated heterocycles. The van der Waals surface area contributed by atoms with E-state index in [1.807, 2.05) is 26.8 Å². The summed E-state index contributed by atoms with van der Waals surface area (Å²) in [5.41, 5.74) is 5.81. The summed E-state index contributed by atoms with van der Waals surface area (Å²) in [7, 11) is 0. The molecule has 0 bridgehead atoms. The zero-order valence-corrected chi connectivity index (χ0v) is 18.4. The van der Waals surface area contributed by atoms with Gasteiger partial charge in [-0.2, -0.15) is 0 Å². The molecule has 30 heavy (non-hydrogen) atoms. The second kappa shape index (κ2) is 6.54. The summed E-state index contributed by atoms with van der Waals surface area (Å²) in [5, 5.41) is 12.9. The van der Waals surface area contributed by atoms with E-state index in [4.69, 9.17) is 4.98 Å². The summed E-state index contributed by atoms with van der Waals surface area (Å²) < 4.78 is 1.08. The van der Waals surface area contributed by atoms with Gasteiger partial charge < -0.3 is 10.1 Å². The Morgan fingerprint density at radius 1 is 1.07 bits per heavy atom. The van der Waals surface area contributed by atoms with Crippen molar-refractivity contribution < 1.29 is 9.90 Å². The molecule has 0 saturated carbocycles. The van der Waals surface area contributed by atoms with Gasteiger partial charge in [0.25, 0.3) is 0 Å². The summed E-state index contributed by atoms with van der Waals surface area (Å²) in [4.78, 5) is 21.6. The van der Waals surface area contributed by atoms with E-state index < -0.39 is 0 Å². The summed E-state index contributed by atoms with van der Waals surface area (Å²) in [5.74, 6) is 0.163. The first-order valence-electron chi connectivity index (χ1n) is 10.2. The number of aryl methyl sites for hydroxylation is 2. The fraction of sp³-hybridized carbons (Fsp3) is 0.280. The van der Waals surface area contributed by atoms with Crippen molar-refractivity contribution in [2.24, 2.45) is 5.41 Å². The van der Waals surface area contributed by atoms with Crippen molar-refractivity contribution in [1.82, 2.24) is 9.97 Å². The number of aliphatic hydroxyl groups is 1. The average molecular weight is 417 g/mol. The molecule has 152 valence electrons. The van der Waals surface area contributed by atoms with Crippen LogP contribution in [0.15, 0.2) is 42.2 Å². The molecule has 0 radical (unpaired) electrons. The molecule has 4 aromatic rings. The molecule has 2 heterocycles. The van der Waals surface area contributed by atoms with Crippen molar-refractivity contribution in [2.45, 2.75) is 40.5 Å². The van der Waals surface area contributed by atoms with Gasteiger partial charge in [0.2, 0.25) is 0 Å². The number of thiazole rings is 1. The quantitative estimate of drug-likeness (QED) is 0.381. The maximum Gasteiger partial charge on any atom is 0.167 e. The Morgan fingerprint density at radius 2 is 1.80 bits per heavy atom. The summed E-state index contributed by atoms with van der Waals surface area (Å²) in [6.45, 7) is 8.10. The van der Waals surface area contributed by atoms with E-state index in [2.05, 4.69) is 42.2 Å². The number of benzene rings is 2. The highest BCUT2D eigenvalue weighted by Gasteiger charge is 2.36. The third-order valence-corrected chi connectivity index (χ3v) is 6.81. The van der Waals surface area contributed by atoms with Gasteiger partial charge in [0, 0.05) is 29.3 Å². The van der Waals surface area contributed by atoms with Crippen LogP contribution >= 0.6 is 11.3 Å². The van der Waals surface area contributed by atoms with E-state index in [-0.39, 0.29) is 17.0 Å². The number of rotatable bonds is 2. The molecule has 5 rings (SSSR count). The van der Waals surface area contributed by atoms with Gasteiger partial charge in [-0.25, -0.2) is 4.98 Å². The predicted molar refractivity (Wildman–Crippen MR) is 124 cm³/mol. The lowest BCUT2D eigenvalue weighted by atomic mass is 9.74. The second-order valence-electron chi connectivity index (χ2n) is 9.07. The van der Waals surface area contributed by atoms with Crippen LogP contribution in [0.1, 0.15) is 42.8 Å². The lowest BCUT2D eigenvalue weighted by Crippen LogP contribution is -2.25. The number of fused-ring (bicyclic) bond motifs is 3. The normalized spacial score (nSPS) is 16.7. The number of aromatic nitrogens is 2. The Hall–Kier alpha value is -2.92. The number of Topliss-reactive ketones (excluding diaryl/α,β-unsaturated/α-hetero) is 1. The third kappa shape index (κ3) is 2.96. The highest BCUT2D eigenvalue weighted by molar-refractivity contribution is 7.18. The van der Waals surface area contributed by atoms with Crippen LogP contribution < -0.4 is 0 Å². The van der Waals surface area contributed by atoms with Crippen molar-refractivity contribution in [3.05, 3.63) is 58.3 Å². The lowest BCUT2D eigenvalue weighted by Gasteiger charge is -2.29. The average Bonchev–Trinajstić information content (AvgIpc) is 3.21. The number of aromatic amines is 1. The van der Waals surface area contributed by atoms with Gasteiger partial charge in [-0.1, -0.05) is 43.7 Å². The van der Waals surface area contributed by atoms with E-state index in [0.717, 1.165) is 42.9 Å². The monoisotopic (exact) mass is 416 g/mol. The van der Waals surface area contributed by atoms with Crippen LogP contribution in [0.25, 0.3) is 38.0 Å². The number of carbonyl (C=O) groups excluding carboxylic acids is 1. The molecule has 0 atom stereocenters. The lowest BCUT2D eigenvalue weighted by molar-refractivity contribution is -0.116. The van der Waals surface area contributed by atoms with E-state index >= 15 is 0 Å². The number of allylic oxidation sites excluding steroid dienone is 2. The molecule has 0 fully saturated rings. The standard InChI is InChI=1S/C25H24N2O2S/c1-13-5-7-15(8-6-13)23-22(21-17(28)11-25(3,4)12-18(21)29)20-16(27-23)9-10-19-24(20)26-14(2)30-19/h5-10,27-28H,11-12H2,1-4H3. The van der Waals surface area contributed by atoms with Crippen LogP contribution in [0, 0.1) is 19.3 Å². The zero-order chi connectivity index (χ0) is 21.2. The van der Waals surface area contributed by atoms with Gasteiger partial charge in [-0.15, -0.1) is 11.3 Å².